The van der Waals surface area contributed by atoms with Crippen LogP contribution in [0.5, 0.6) is 0 Å². The van der Waals surface area contributed by atoms with Crippen molar-refractivity contribution in [3.8, 4) is 0 Å². The number of carbonyl (C=O) groups is 1. The zero-order chi connectivity index (χ0) is 20.8. The van der Waals surface area contributed by atoms with Gasteiger partial charge < -0.3 is 9.88 Å². The third-order valence-corrected chi connectivity index (χ3v) is 4.74. The highest BCUT2D eigenvalue weighted by Crippen LogP contribution is 2.17. The van der Waals surface area contributed by atoms with E-state index in [9.17, 15) is 9.18 Å². The fourth-order valence-corrected chi connectivity index (χ4v) is 3.14. The largest absolute Gasteiger partial charge is 0.331 e. The van der Waals surface area contributed by atoms with E-state index in [1.807, 2.05) is 28.8 Å². The lowest BCUT2D eigenvalue weighted by Crippen LogP contribution is -2.45. The van der Waals surface area contributed by atoms with E-state index >= 15 is 0 Å². The molecule has 2 aromatic carbocycles. The number of aryl methyl sites for hydroxylation is 2. The zero-order valence-electron chi connectivity index (χ0n) is 16.5. The average Bonchev–Trinajstić information content (AvgIpc) is 3.05. The molecule has 0 aliphatic carbocycles. The van der Waals surface area contributed by atoms with E-state index in [-0.39, 0.29) is 23.4 Å². The zero-order valence-corrected chi connectivity index (χ0v) is 17.3. The molecule has 1 aromatic heterocycles. The minimum atomic E-state index is -0.326. The van der Waals surface area contributed by atoms with Crippen LogP contribution in [0.4, 0.5) is 10.1 Å². The molecule has 0 bridgehead atoms. The summed E-state index contributed by atoms with van der Waals surface area (Å²) in [6, 6.07) is 12.5. The number of aromatic nitrogens is 2. The summed E-state index contributed by atoms with van der Waals surface area (Å²) >= 11 is 5.16. The predicted octanol–water partition coefficient (Wildman–Crippen LogP) is 3.84. The standard InChI is InChI=1S/C21H24FN5OS/c1-3-4-9-19-24-17-7-5-6-8-18(17)27(19)13-20(28)25-26-21(29)23-15-11-10-14(2)16(22)12-15/h5-8,10-12H,3-4,9,13H2,1-2H3,(H,25,28)(H2,23,26,29). The molecular formula is C21H24FN5OS. The van der Waals surface area contributed by atoms with Gasteiger partial charge in [-0.3, -0.25) is 15.6 Å². The molecule has 8 heteroatoms. The molecule has 0 aliphatic heterocycles. The van der Waals surface area contributed by atoms with Gasteiger partial charge in [-0.1, -0.05) is 31.5 Å². The van der Waals surface area contributed by atoms with E-state index in [4.69, 9.17) is 12.2 Å². The van der Waals surface area contributed by atoms with Crippen molar-refractivity contribution in [1.29, 1.82) is 0 Å². The quantitative estimate of drug-likeness (QED) is 0.423. The van der Waals surface area contributed by atoms with Crippen LogP contribution in [-0.2, 0) is 17.8 Å². The van der Waals surface area contributed by atoms with Crippen LogP contribution in [0.3, 0.4) is 0 Å². The highest BCUT2D eigenvalue weighted by Gasteiger charge is 2.13. The van der Waals surface area contributed by atoms with Gasteiger partial charge in [0.25, 0.3) is 5.91 Å². The number of hydrogen-bond acceptors (Lipinski definition) is 3. The monoisotopic (exact) mass is 413 g/mol. The van der Waals surface area contributed by atoms with Crippen molar-refractivity contribution in [3.63, 3.8) is 0 Å². The number of rotatable bonds is 6. The lowest BCUT2D eigenvalue weighted by atomic mass is 10.2. The number of hydrazine groups is 1. The molecule has 0 fully saturated rings. The van der Waals surface area contributed by atoms with E-state index in [0.717, 1.165) is 36.1 Å². The number of hydrogen-bond donors (Lipinski definition) is 3. The van der Waals surface area contributed by atoms with Gasteiger partial charge in [0, 0.05) is 12.1 Å². The Labute approximate surface area is 174 Å². The van der Waals surface area contributed by atoms with Crippen LogP contribution in [0, 0.1) is 12.7 Å². The number of fused-ring (bicyclic) bond motifs is 1. The van der Waals surface area contributed by atoms with Gasteiger partial charge >= 0.3 is 0 Å². The van der Waals surface area contributed by atoms with E-state index in [2.05, 4.69) is 28.1 Å². The molecule has 6 nitrogen and oxygen atoms in total. The number of amides is 1. The number of nitrogens with one attached hydrogen (secondary N) is 3. The van der Waals surface area contributed by atoms with Gasteiger partial charge in [-0.2, -0.15) is 0 Å². The first-order valence-corrected chi connectivity index (χ1v) is 9.95. The van der Waals surface area contributed by atoms with Gasteiger partial charge in [-0.15, -0.1) is 0 Å². The fraction of sp³-hybridized carbons (Fsp3) is 0.286. The maximum Gasteiger partial charge on any atom is 0.258 e. The Kier molecular flexibility index (Phi) is 6.77. The van der Waals surface area contributed by atoms with E-state index in [0.29, 0.717) is 11.3 Å². The minimum Gasteiger partial charge on any atom is -0.331 e. The van der Waals surface area contributed by atoms with Crippen molar-refractivity contribution in [2.24, 2.45) is 0 Å². The second-order valence-corrected chi connectivity index (χ2v) is 7.21. The van der Waals surface area contributed by atoms with Crippen LogP contribution < -0.4 is 16.2 Å². The van der Waals surface area contributed by atoms with Gasteiger partial charge in [0.1, 0.15) is 18.2 Å². The van der Waals surface area contributed by atoms with E-state index in [1.165, 1.54) is 6.07 Å². The Morgan fingerprint density at radius 2 is 2.00 bits per heavy atom. The SMILES string of the molecule is CCCCc1nc2ccccc2n1CC(=O)NNC(=S)Nc1ccc(C)c(F)c1. The van der Waals surface area contributed by atoms with Gasteiger partial charge in [-0.25, -0.2) is 9.37 Å². The third kappa shape index (κ3) is 5.29. The van der Waals surface area contributed by atoms with Gasteiger partial charge in [0.15, 0.2) is 5.11 Å². The number of nitrogens with zero attached hydrogens (tertiary/aromatic N) is 2. The molecule has 3 aromatic rings. The first-order chi connectivity index (χ1) is 14.0. The highest BCUT2D eigenvalue weighted by atomic mass is 32.1. The molecule has 3 rings (SSSR count). The van der Waals surface area contributed by atoms with Crippen LogP contribution in [0.15, 0.2) is 42.5 Å². The number of thiocarbonyl (C=S) groups is 1. The van der Waals surface area contributed by atoms with Crippen LogP contribution in [0.1, 0.15) is 31.2 Å². The summed E-state index contributed by atoms with van der Waals surface area (Å²) in [6.45, 7) is 3.93. The van der Waals surface area contributed by atoms with Crippen molar-refractivity contribution in [2.45, 2.75) is 39.7 Å². The Morgan fingerprint density at radius 1 is 1.21 bits per heavy atom. The highest BCUT2D eigenvalue weighted by molar-refractivity contribution is 7.80. The molecule has 0 unspecified atom stereocenters. The molecule has 0 atom stereocenters. The number of anilines is 1. The topological polar surface area (TPSA) is 71.0 Å². The molecule has 29 heavy (non-hydrogen) atoms. The molecule has 3 N–H and O–H groups in total. The number of unbranched alkanes of at least 4 members (excludes halogenated alkanes) is 1. The van der Waals surface area contributed by atoms with Gasteiger partial charge in [-0.05, 0) is 55.4 Å². The number of imidazole rings is 1. The normalized spacial score (nSPS) is 10.7. The maximum atomic E-state index is 13.6. The maximum absolute atomic E-state index is 13.6. The van der Waals surface area contributed by atoms with E-state index in [1.54, 1.807) is 19.1 Å². The molecule has 0 aliphatic rings. The lowest BCUT2D eigenvalue weighted by molar-refractivity contribution is -0.122. The van der Waals surface area contributed by atoms with Crippen molar-refractivity contribution >= 4 is 40.0 Å². The second kappa shape index (κ2) is 9.47. The molecule has 0 saturated carbocycles. The Hall–Kier alpha value is -3.00. The van der Waals surface area contributed by atoms with Crippen molar-refractivity contribution in [1.82, 2.24) is 20.4 Å². The summed E-state index contributed by atoms with van der Waals surface area (Å²) in [5.41, 5.74) is 8.08. The second-order valence-electron chi connectivity index (χ2n) is 6.80. The molecule has 0 spiro atoms. The summed E-state index contributed by atoms with van der Waals surface area (Å²) in [4.78, 5) is 17.1. The molecule has 152 valence electrons. The van der Waals surface area contributed by atoms with Crippen molar-refractivity contribution in [3.05, 3.63) is 59.7 Å². The number of para-hydroxylation sites is 2. The van der Waals surface area contributed by atoms with Crippen LogP contribution in [0.25, 0.3) is 11.0 Å². The summed E-state index contributed by atoms with van der Waals surface area (Å²) in [5, 5.41) is 3.01. The number of benzene rings is 2. The Balaban J connectivity index is 1.61. The van der Waals surface area contributed by atoms with E-state index < -0.39 is 0 Å². The molecule has 0 saturated heterocycles. The summed E-state index contributed by atoms with van der Waals surface area (Å²) < 4.78 is 15.6. The molecular weight excluding hydrogens is 389 g/mol. The van der Waals surface area contributed by atoms with Crippen molar-refractivity contribution < 1.29 is 9.18 Å². The molecule has 1 amide bonds. The molecule has 1 heterocycles. The van der Waals surface area contributed by atoms with Crippen molar-refractivity contribution in [2.75, 3.05) is 5.32 Å². The summed E-state index contributed by atoms with van der Waals surface area (Å²) in [6.07, 6.45) is 2.87. The fourth-order valence-electron chi connectivity index (χ4n) is 2.97. The molecule has 0 radical (unpaired) electrons. The summed E-state index contributed by atoms with van der Waals surface area (Å²) in [5.74, 6) is 0.303. The Morgan fingerprint density at radius 3 is 2.76 bits per heavy atom. The van der Waals surface area contributed by atoms with Gasteiger partial charge in [0.2, 0.25) is 0 Å². The van der Waals surface area contributed by atoms with Gasteiger partial charge in [0.05, 0.1) is 11.0 Å². The van der Waals surface area contributed by atoms with Crippen LogP contribution in [-0.4, -0.2) is 20.6 Å². The third-order valence-electron chi connectivity index (χ3n) is 4.53. The average molecular weight is 414 g/mol. The minimum absolute atomic E-state index is 0.119. The van der Waals surface area contributed by atoms with Crippen LogP contribution >= 0.6 is 12.2 Å². The first kappa shape index (κ1) is 20.7. The first-order valence-electron chi connectivity index (χ1n) is 9.54. The predicted molar refractivity (Wildman–Crippen MR) is 117 cm³/mol. The number of carbonyl (C=O) groups excluding carboxylic acids is 1. The number of halogens is 1. The summed E-state index contributed by atoms with van der Waals surface area (Å²) in [7, 11) is 0. The Bertz CT molecular complexity index is 1030. The smallest absolute Gasteiger partial charge is 0.258 e. The lowest BCUT2D eigenvalue weighted by Gasteiger charge is -2.13. The van der Waals surface area contributed by atoms with Crippen LogP contribution in [0.2, 0.25) is 0 Å².